The topological polar surface area (TPSA) is 52.1 Å². The van der Waals surface area contributed by atoms with Crippen molar-refractivity contribution >= 4 is 50.5 Å². The van der Waals surface area contributed by atoms with Crippen LogP contribution in [0.15, 0.2) is 24.5 Å². The van der Waals surface area contributed by atoms with Crippen molar-refractivity contribution in [2.24, 2.45) is 0 Å². The molecule has 0 aliphatic carbocycles. The highest BCUT2D eigenvalue weighted by Crippen LogP contribution is 2.37. The number of aromatic nitrogens is 2. The Hall–Kier alpha value is -1.50. The molecule has 4 nitrogen and oxygen atoms in total. The second-order valence-corrected chi connectivity index (χ2v) is 6.36. The molecule has 0 spiro atoms. The summed E-state index contributed by atoms with van der Waals surface area (Å²) in [6, 6.07) is 3.69. The predicted octanol–water partition coefficient (Wildman–Crippen LogP) is 4.25. The van der Waals surface area contributed by atoms with Crippen LogP contribution in [0, 0.1) is 0 Å². The Morgan fingerprint density at radius 3 is 3.00 bits per heavy atom. The number of thiophene rings is 1. The van der Waals surface area contributed by atoms with E-state index in [1.165, 1.54) is 28.9 Å². The zero-order valence-electron chi connectivity index (χ0n) is 10.4. The minimum atomic E-state index is -0.339. The average Bonchev–Trinajstić information content (AvgIpc) is 3.06. The third-order valence-corrected chi connectivity index (χ3v) is 5.29. The summed E-state index contributed by atoms with van der Waals surface area (Å²) >= 11 is 8.96. The van der Waals surface area contributed by atoms with Crippen molar-refractivity contribution in [1.82, 2.24) is 9.97 Å². The highest BCUT2D eigenvalue weighted by atomic mass is 35.5. The second-order valence-electron chi connectivity index (χ2n) is 3.87. The van der Waals surface area contributed by atoms with Gasteiger partial charge in [0.2, 0.25) is 0 Å². The molecule has 3 heterocycles. The van der Waals surface area contributed by atoms with Gasteiger partial charge in [-0.15, -0.1) is 22.7 Å². The maximum absolute atomic E-state index is 11.6. The molecular formula is C13H9ClN2O2S2. The fourth-order valence-corrected chi connectivity index (χ4v) is 3.85. The van der Waals surface area contributed by atoms with E-state index in [1.54, 1.807) is 19.2 Å². The van der Waals surface area contributed by atoms with Crippen molar-refractivity contribution in [3.63, 3.8) is 0 Å². The largest absolute Gasteiger partial charge is 0.462 e. The highest BCUT2D eigenvalue weighted by molar-refractivity contribution is 7.26. The Labute approximate surface area is 128 Å². The van der Waals surface area contributed by atoms with E-state index in [4.69, 9.17) is 16.3 Å². The molecule has 3 aromatic heterocycles. The Morgan fingerprint density at radius 1 is 1.40 bits per heavy atom. The van der Waals surface area contributed by atoms with Gasteiger partial charge in [-0.05, 0) is 19.1 Å². The second kappa shape index (κ2) is 5.47. The molecule has 0 N–H and O–H groups in total. The van der Waals surface area contributed by atoms with Crippen molar-refractivity contribution in [3.8, 4) is 9.88 Å². The molecular weight excluding hydrogens is 316 g/mol. The third-order valence-electron chi connectivity index (χ3n) is 2.56. The first-order valence-electron chi connectivity index (χ1n) is 5.86. The fourth-order valence-electron chi connectivity index (χ4n) is 1.70. The molecule has 7 heteroatoms. The molecule has 102 valence electrons. The van der Waals surface area contributed by atoms with Crippen LogP contribution in [-0.4, -0.2) is 22.5 Å². The molecule has 0 radical (unpaired) electrons. The lowest BCUT2D eigenvalue weighted by molar-refractivity contribution is 0.0532. The van der Waals surface area contributed by atoms with Gasteiger partial charge < -0.3 is 4.74 Å². The van der Waals surface area contributed by atoms with E-state index in [1.807, 2.05) is 6.07 Å². The van der Waals surface area contributed by atoms with Gasteiger partial charge in [-0.2, -0.15) is 0 Å². The summed E-state index contributed by atoms with van der Waals surface area (Å²) in [6.45, 7) is 2.13. The van der Waals surface area contributed by atoms with Crippen molar-refractivity contribution in [1.29, 1.82) is 0 Å². The zero-order chi connectivity index (χ0) is 14.1. The lowest BCUT2D eigenvalue weighted by Crippen LogP contribution is -2.01. The van der Waals surface area contributed by atoms with Gasteiger partial charge in [-0.3, -0.25) is 4.98 Å². The number of thiazole rings is 1. The van der Waals surface area contributed by atoms with E-state index in [2.05, 4.69) is 9.97 Å². The summed E-state index contributed by atoms with van der Waals surface area (Å²) in [4.78, 5) is 21.6. The smallest absolute Gasteiger partial charge is 0.349 e. The number of fused-ring (bicyclic) bond motifs is 1. The number of pyridine rings is 1. The van der Waals surface area contributed by atoms with Crippen LogP contribution in [0.3, 0.4) is 0 Å². The molecule has 20 heavy (non-hydrogen) atoms. The summed E-state index contributed by atoms with van der Waals surface area (Å²) in [7, 11) is 0. The van der Waals surface area contributed by atoms with Crippen molar-refractivity contribution in [2.75, 3.05) is 6.61 Å². The number of carbonyl (C=O) groups excluding carboxylic acids is 1. The van der Waals surface area contributed by atoms with Crippen LogP contribution in [0.4, 0.5) is 0 Å². The number of esters is 1. The van der Waals surface area contributed by atoms with Crippen molar-refractivity contribution in [3.05, 3.63) is 34.4 Å². The van der Waals surface area contributed by atoms with Crippen LogP contribution in [0.2, 0.25) is 5.02 Å². The first-order valence-corrected chi connectivity index (χ1v) is 7.87. The van der Waals surface area contributed by atoms with E-state index < -0.39 is 0 Å². The molecule has 0 amide bonds. The standard InChI is InChI=1S/C13H9ClN2O2S2/c1-2-18-13(17)10-6-16-12(20-10)9-5-8-11(19-9)7(14)3-4-15-8/h3-6H,2H2,1H3. The quantitative estimate of drug-likeness (QED) is 0.676. The van der Waals surface area contributed by atoms with Gasteiger partial charge in [0.25, 0.3) is 0 Å². The molecule has 0 aliphatic heterocycles. The Morgan fingerprint density at radius 2 is 2.25 bits per heavy atom. The summed E-state index contributed by atoms with van der Waals surface area (Å²) in [5.41, 5.74) is 0.838. The summed E-state index contributed by atoms with van der Waals surface area (Å²) < 4.78 is 5.88. The molecule has 0 bridgehead atoms. The monoisotopic (exact) mass is 324 g/mol. The normalized spacial score (nSPS) is 10.9. The molecule has 0 atom stereocenters. The number of nitrogens with zero attached hydrogens (tertiary/aromatic N) is 2. The van der Waals surface area contributed by atoms with Crippen LogP contribution >= 0.6 is 34.3 Å². The maximum Gasteiger partial charge on any atom is 0.349 e. The van der Waals surface area contributed by atoms with Gasteiger partial charge in [-0.25, -0.2) is 9.78 Å². The van der Waals surface area contributed by atoms with Gasteiger partial charge in [0, 0.05) is 6.20 Å². The molecule has 0 saturated heterocycles. The van der Waals surface area contributed by atoms with Crippen LogP contribution in [0.25, 0.3) is 20.1 Å². The highest BCUT2D eigenvalue weighted by Gasteiger charge is 2.15. The minimum absolute atomic E-state index is 0.339. The van der Waals surface area contributed by atoms with E-state index in [0.29, 0.717) is 16.5 Å². The number of hydrogen-bond acceptors (Lipinski definition) is 6. The van der Waals surface area contributed by atoms with Gasteiger partial charge >= 0.3 is 5.97 Å². The zero-order valence-corrected chi connectivity index (χ0v) is 12.8. The first-order chi connectivity index (χ1) is 9.69. The van der Waals surface area contributed by atoms with E-state index in [0.717, 1.165) is 20.1 Å². The van der Waals surface area contributed by atoms with Crippen molar-refractivity contribution < 1.29 is 9.53 Å². The summed E-state index contributed by atoms with van der Waals surface area (Å²) in [6.07, 6.45) is 3.21. The molecule has 3 aromatic rings. The van der Waals surface area contributed by atoms with Gasteiger partial charge in [0.05, 0.1) is 32.9 Å². The van der Waals surface area contributed by atoms with Crippen LogP contribution < -0.4 is 0 Å². The van der Waals surface area contributed by atoms with Gasteiger partial charge in [0.1, 0.15) is 9.88 Å². The Bertz CT molecular complexity index is 782. The number of hydrogen-bond donors (Lipinski definition) is 0. The van der Waals surface area contributed by atoms with Gasteiger partial charge in [0.15, 0.2) is 0 Å². The molecule has 0 unspecified atom stereocenters. The first kappa shape index (κ1) is 13.5. The predicted molar refractivity (Wildman–Crippen MR) is 81.7 cm³/mol. The average molecular weight is 325 g/mol. The summed E-state index contributed by atoms with van der Waals surface area (Å²) in [5.74, 6) is -0.339. The number of rotatable bonds is 3. The molecule has 0 fully saturated rings. The van der Waals surface area contributed by atoms with E-state index in [9.17, 15) is 4.79 Å². The fraction of sp³-hybridized carbons (Fsp3) is 0.154. The van der Waals surface area contributed by atoms with Crippen LogP contribution in [0.5, 0.6) is 0 Å². The number of ether oxygens (including phenoxy) is 1. The lowest BCUT2D eigenvalue weighted by atomic mass is 10.4. The number of carbonyl (C=O) groups is 1. The lowest BCUT2D eigenvalue weighted by Gasteiger charge is -1.95. The molecule has 0 aliphatic rings. The van der Waals surface area contributed by atoms with E-state index >= 15 is 0 Å². The maximum atomic E-state index is 11.6. The SMILES string of the molecule is CCOC(=O)c1cnc(-c2cc3nccc(Cl)c3s2)s1. The Kier molecular flexibility index (Phi) is 3.69. The third kappa shape index (κ3) is 2.42. The Balaban J connectivity index is 1.99. The molecule has 3 rings (SSSR count). The molecule has 0 saturated carbocycles. The van der Waals surface area contributed by atoms with Crippen LogP contribution in [-0.2, 0) is 4.74 Å². The van der Waals surface area contributed by atoms with Crippen molar-refractivity contribution in [2.45, 2.75) is 6.92 Å². The van der Waals surface area contributed by atoms with Crippen LogP contribution in [0.1, 0.15) is 16.6 Å². The minimum Gasteiger partial charge on any atom is -0.462 e. The van der Waals surface area contributed by atoms with Gasteiger partial charge in [-0.1, -0.05) is 11.6 Å². The number of halogens is 1. The summed E-state index contributed by atoms with van der Waals surface area (Å²) in [5, 5.41) is 1.44. The molecule has 0 aromatic carbocycles. The van der Waals surface area contributed by atoms with E-state index in [-0.39, 0.29) is 5.97 Å².